The Kier molecular flexibility index (Phi) is 1.66. The van der Waals surface area contributed by atoms with Crippen LogP contribution in [0, 0.1) is 0 Å². The number of hydrogen-bond donors (Lipinski definition) is 1. The first kappa shape index (κ1) is 6.78. The van der Waals surface area contributed by atoms with Gasteiger partial charge >= 0.3 is 6.48 Å². The van der Waals surface area contributed by atoms with E-state index in [4.69, 9.17) is 5.11 Å². The zero-order valence-electron chi connectivity index (χ0n) is 4.23. The summed E-state index contributed by atoms with van der Waals surface area (Å²) in [6.45, 7) is -2.43. The van der Waals surface area contributed by atoms with Gasteiger partial charge in [-0.15, -0.1) is 0 Å². The molecule has 0 rings (SSSR count). The van der Waals surface area contributed by atoms with Gasteiger partial charge in [0.25, 0.3) is 0 Å². The van der Waals surface area contributed by atoms with Crippen LogP contribution in [0.3, 0.4) is 0 Å². The molecule has 44 valence electrons. The van der Waals surface area contributed by atoms with E-state index < -0.39 is 11.2 Å². The molecule has 0 aromatic rings. The van der Waals surface area contributed by atoms with Crippen LogP contribution in [0.4, 0.5) is 8.87 Å². The summed E-state index contributed by atoms with van der Waals surface area (Å²) >= 11 is 0. The molecular weight excluding hydrogens is 104 g/mol. The molecule has 0 aromatic heterocycles. The van der Waals surface area contributed by atoms with Crippen molar-refractivity contribution in [2.75, 3.05) is 14.1 Å². The van der Waals surface area contributed by atoms with Gasteiger partial charge in [0.1, 0.15) is 14.1 Å². The lowest BCUT2D eigenvalue weighted by molar-refractivity contribution is -1.07. The molecule has 1 atom stereocenters. The molecule has 7 heavy (non-hydrogen) atoms. The number of alkyl halides is 1. The Bertz CT molecular complexity index is 58.4. The minimum atomic E-state index is -2.43. The first-order chi connectivity index (χ1) is 2.94. The maximum atomic E-state index is 11.8. The zero-order valence-corrected chi connectivity index (χ0v) is 4.23. The van der Waals surface area contributed by atoms with E-state index in [1.54, 1.807) is 0 Å². The number of nitrogens with zero attached hydrogens (tertiary/aromatic N) is 1. The van der Waals surface area contributed by atoms with Gasteiger partial charge in [0.15, 0.2) is 0 Å². The maximum Gasteiger partial charge on any atom is 0.378 e. The summed E-state index contributed by atoms with van der Waals surface area (Å²) in [7, 11) is 1.81. The van der Waals surface area contributed by atoms with E-state index in [1.807, 2.05) is 0 Å². The summed E-state index contributed by atoms with van der Waals surface area (Å²) < 4.78 is 21.6. The van der Waals surface area contributed by atoms with Gasteiger partial charge in [0.05, 0.1) is 0 Å². The van der Waals surface area contributed by atoms with Crippen LogP contribution in [0.2, 0.25) is 0 Å². The predicted octanol–water partition coefficient (Wildman–Crippen LogP) is 0.193. The zero-order chi connectivity index (χ0) is 6.08. The Morgan fingerprint density at radius 2 is 1.71 bits per heavy atom. The van der Waals surface area contributed by atoms with E-state index in [9.17, 15) is 8.87 Å². The molecule has 0 heterocycles. The fraction of sp³-hybridized carbons (Fsp3) is 1.00. The molecule has 0 amide bonds. The summed E-state index contributed by atoms with van der Waals surface area (Å²) in [5.74, 6) is 0. The number of hydrogen-bond acceptors (Lipinski definition) is 1. The van der Waals surface area contributed by atoms with Crippen molar-refractivity contribution in [1.29, 1.82) is 0 Å². The minimum absolute atomic E-state index is 0.907. The Morgan fingerprint density at radius 3 is 1.71 bits per heavy atom. The fourth-order valence-electron chi connectivity index (χ4n) is 0. The van der Waals surface area contributed by atoms with E-state index in [0.717, 1.165) is 14.1 Å². The van der Waals surface area contributed by atoms with Gasteiger partial charge in [-0.05, 0) is 0 Å². The second-order valence-electron chi connectivity index (χ2n) is 1.71. The molecule has 0 bridgehead atoms. The van der Waals surface area contributed by atoms with Crippen LogP contribution in [0.15, 0.2) is 0 Å². The van der Waals surface area contributed by atoms with Gasteiger partial charge in [-0.2, -0.15) is 4.39 Å². The molecule has 0 fully saturated rings. The van der Waals surface area contributed by atoms with Gasteiger partial charge < -0.3 is 5.11 Å². The largest absolute Gasteiger partial charge is 0.378 e. The summed E-state index contributed by atoms with van der Waals surface area (Å²) in [5.41, 5.74) is 0. The molecule has 0 radical (unpaired) electrons. The second kappa shape index (κ2) is 1.71. The summed E-state index contributed by atoms with van der Waals surface area (Å²) in [4.78, 5) is 0. The highest BCUT2D eigenvalue weighted by molar-refractivity contribution is 3.98. The van der Waals surface area contributed by atoms with Crippen molar-refractivity contribution < 1.29 is 18.7 Å². The van der Waals surface area contributed by atoms with Crippen LogP contribution in [-0.4, -0.2) is 30.4 Å². The number of aliphatic hydroxyl groups is 1. The van der Waals surface area contributed by atoms with Crippen molar-refractivity contribution in [3.63, 3.8) is 0 Å². The molecule has 0 aliphatic heterocycles. The normalized spacial score (nSPS) is 16.7. The Hall–Kier alpha value is -0.220. The van der Waals surface area contributed by atoms with Gasteiger partial charge in [-0.25, -0.2) is 0 Å². The van der Waals surface area contributed by atoms with Crippen molar-refractivity contribution in [3.8, 4) is 0 Å². The maximum absolute atomic E-state index is 11.8. The topological polar surface area (TPSA) is 20.2 Å². The van der Waals surface area contributed by atoms with Crippen molar-refractivity contribution in [3.05, 3.63) is 0 Å². The van der Waals surface area contributed by atoms with Gasteiger partial charge in [0, 0.05) is 4.48 Å². The highest BCUT2D eigenvalue weighted by Crippen LogP contribution is 2.03. The van der Waals surface area contributed by atoms with Crippen molar-refractivity contribution in [2.24, 2.45) is 0 Å². The van der Waals surface area contributed by atoms with E-state index in [1.165, 1.54) is 0 Å². The van der Waals surface area contributed by atoms with Gasteiger partial charge in [-0.1, -0.05) is 4.71 Å². The molecule has 1 unspecified atom stereocenters. The smallest absolute Gasteiger partial charge is 0.315 e. The summed E-state index contributed by atoms with van der Waals surface area (Å²) in [6, 6.07) is 0. The molecule has 2 nitrogen and oxygen atoms in total. The molecule has 0 aliphatic rings. The molecule has 0 aromatic carbocycles. The average molecular weight is 112 g/mol. The second-order valence-corrected chi connectivity index (χ2v) is 1.71. The lowest BCUT2D eigenvalue weighted by Crippen LogP contribution is -2.37. The van der Waals surface area contributed by atoms with Crippen LogP contribution in [0.25, 0.3) is 0 Å². The minimum Gasteiger partial charge on any atom is -0.315 e. The van der Waals surface area contributed by atoms with Crippen LogP contribution >= 0.6 is 0 Å². The van der Waals surface area contributed by atoms with Crippen LogP contribution < -0.4 is 0 Å². The SMILES string of the molecule is C[N+](C)(F)C(O)F. The molecule has 0 saturated heterocycles. The highest BCUT2D eigenvalue weighted by atomic mass is 19.2. The van der Waals surface area contributed by atoms with E-state index in [0.29, 0.717) is 0 Å². The van der Waals surface area contributed by atoms with E-state index in [2.05, 4.69) is 0 Å². The fourth-order valence-corrected chi connectivity index (χ4v) is 0. The standard InChI is InChI=1S/C3H8F2NO/c1-6(2,5)3(4)7/h3,7H,1-2H3/q+1. The molecule has 0 spiro atoms. The lowest BCUT2D eigenvalue weighted by atomic mass is 10.9. The first-order valence-electron chi connectivity index (χ1n) is 1.80. The molecule has 4 heteroatoms. The average Bonchev–Trinajstić information content (AvgIpc) is 1.31. The van der Waals surface area contributed by atoms with E-state index >= 15 is 0 Å². The summed E-state index contributed by atoms with van der Waals surface area (Å²) in [6.07, 6.45) is 0. The Morgan fingerprint density at radius 1 is 1.57 bits per heavy atom. The molecule has 0 aliphatic carbocycles. The van der Waals surface area contributed by atoms with Crippen molar-refractivity contribution >= 4 is 0 Å². The first-order valence-corrected chi connectivity index (χ1v) is 1.80. The number of halogens is 2. The van der Waals surface area contributed by atoms with Gasteiger partial charge in [-0.3, -0.25) is 0 Å². The molecule has 1 N–H and O–H groups in total. The Balaban J connectivity index is 3.54. The quantitative estimate of drug-likeness (QED) is 0.292. The monoisotopic (exact) mass is 112 g/mol. The summed E-state index contributed by atoms with van der Waals surface area (Å²) in [5, 5.41) is 7.82. The third kappa shape index (κ3) is 2.47. The molecule has 0 saturated carbocycles. The number of aliphatic hydroxyl groups excluding tert-OH is 1. The Labute approximate surface area is 40.5 Å². The third-order valence-corrected chi connectivity index (χ3v) is 0.507. The van der Waals surface area contributed by atoms with Crippen LogP contribution in [-0.2, 0) is 0 Å². The molecular formula is C3H8F2NO+. The highest BCUT2D eigenvalue weighted by Gasteiger charge is 2.25. The van der Waals surface area contributed by atoms with Crippen molar-refractivity contribution in [2.45, 2.75) is 6.48 Å². The van der Waals surface area contributed by atoms with Crippen LogP contribution in [0.5, 0.6) is 0 Å². The third-order valence-electron chi connectivity index (χ3n) is 0.507. The number of rotatable bonds is 1. The van der Waals surface area contributed by atoms with Crippen LogP contribution in [0.1, 0.15) is 0 Å². The predicted molar refractivity (Wildman–Crippen MR) is 20.3 cm³/mol. The number of quaternary nitrogens is 1. The van der Waals surface area contributed by atoms with Gasteiger partial charge in [0.2, 0.25) is 0 Å². The lowest BCUT2D eigenvalue weighted by Gasteiger charge is -2.13. The van der Waals surface area contributed by atoms with E-state index in [-0.39, 0.29) is 0 Å². The van der Waals surface area contributed by atoms with Crippen molar-refractivity contribution in [1.82, 2.24) is 0 Å².